The maximum atomic E-state index is 14.0. The largest absolute Gasteiger partial charge is 0.416 e. The summed E-state index contributed by atoms with van der Waals surface area (Å²) in [5.74, 6) is -0.923. The summed E-state index contributed by atoms with van der Waals surface area (Å²) in [7, 11) is 1.97. The minimum absolute atomic E-state index is 0.0117. The monoisotopic (exact) mass is 333 g/mol. The molecule has 7 heteroatoms. The van der Waals surface area contributed by atoms with Crippen molar-refractivity contribution in [2.24, 2.45) is 0 Å². The Bertz CT molecular complexity index is 576. The van der Waals surface area contributed by atoms with Crippen LogP contribution in [0.5, 0.6) is 0 Å². The average molecular weight is 333 g/mol. The molecule has 2 heterocycles. The molecule has 0 amide bonds. The van der Waals surface area contributed by atoms with Gasteiger partial charge in [-0.3, -0.25) is 4.90 Å². The molecule has 2 fully saturated rings. The van der Waals surface area contributed by atoms with Crippen LogP contribution in [-0.2, 0) is 17.3 Å². The van der Waals surface area contributed by atoms with E-state index < -0.39 is 23.2 Å². The van der Waals surface area contributed by atoms with E-state index in [1.807, 2.05) is 7.05 Å². The fourth-order valence-electron chi connectivity index (χ4n) is 3.61. The van der Waals surface area contributed by atoms with Crippen LogP contribution in [0, 0.1) is 5.82 Å². The van der Waals surface area contributed by atoms with E-state index in [0.29, 0.717) is 32.1 Å². The lowest BCUT2D eigenvalue weighted by molar-refractivity contribution is -0.137. The molecule has 2 saturated heterocycles. The van der Waals surface area contributed by atoms with Crippen LogP contribution < -0.4 is 0 Å². The maximum absolute atomic E-state index is 14.0. The van der Waals surface area contributed by atoms with Crippen molar-refractivity contribution in [3.8, 4) is 0 Å². The Morgan fingerprint density at radius 3 is 2.39 bits per heavy atom. The Labute approximate surface area is 131 Å². The number of alkyl halides is 3. The summed E-state index contributed by atoms with van der Waals surface area (Å²) in [5, 5.41) is 10.8. The van der Waals surface area contributed by atoms with E-state index in [1.54, 1.807) is 0 Å². The molecule has 3 nitrogen and oxygen atoms in total. The number of halogens is 4. The fourth-order valence-corrected chi connectivity index (χ4v) is 3.61. The molecule has 0 spiro atoms. The number of nitrogens with zero attached hydrogens (tertiary/aromatic N) is 1. The van der Waals surface area contributed by atoms with Gasteiger partial charge in [0.1, 0.15) is 5.82 Å². The minimum atomic E-state index is -4.57. The van der Waals surface area contributed by atoms with Crippen LogP contribution in [0.25, 0.3) is 0 Å². The zero-order valence-electron chi connectivity index (χ0n) is 12.7. The van der Waals surface area contributed by atoms with Gasteiger partial charge < -0.3 is 9.84 Å². The highest BCUT2D eigenvalue weighted by atomic mass is 19.4. The van der Waals surface area contributed by atoms with Crippen LogP contribution in [0.1, 0.15) is 24.0 Å². The van der Waals surface area contributed by atoms with Crippen molar-refractivity contribution < 1.29 is 27.4 Å². The molecule has 1 aromatic carbocycles. The van der Waals surface area contributed by atoms with Crippen LogP contribution in [0.4, 0.5) is 17.6 Å². The summed E-state index contributed by atoms with van der Waals surface area (Å²) in [6.07, 6.45) is -3.73. The lowest BCUT2D eigenvalue weighted by Gasteiger charge is -2.50. The zero-order chi connectivity index (χ0) is 16.8. The molecule has 0 radical (unpaired) electrons. The van der Waals surface area contributed by atoms with Crippen LogP contribution in [0.3, 0.4) is 0 Å². The van der Waals surface area contributed by atoms with E-state index in [2.05, 4.69) is 4.90 Å². The molecule has 128 valence electrons. The number of likely N-dealkylation sites (N-methyl/N-ethyl adjacent to an activating group) is 1. The Morgan fingerprint density at radius 2 is 1.87 bits per heavy atom. The lowest BCUT2D eigenvalue weighted by Crippen LogP contribution is -2.60. The number of hydrogen-bond acceptors (Lipinski definition) is 3. The number of morpholine rings is 1. The first-order valence-corrected chi connectivity index (χ1v) is 7.56. The molecule has 2 unspecified atom stereocenters. The highest BCUT2D eigenvalue weighted by molar-refractivity contribution is 5.28. The van der Waals surface area contributed by atoms with Crippen LogP contribution in [-0.4, -0.2) is 48.0 Å². The van der Waals surface area contributed by atoms with Gasteiger partial charge in [0.25, 0.3) is 0 Å². The second-order valence-corrected chi connectivity index (χ2v) is 6.62. The molecule has 0 aromatic heterocycles. The van der Waals surface area contributed by atoms with E-state index in [1.165, 1.54) is 0 Å². The van der Waals surface area contributed by atoms with Crippen molar-refractivity contribution in [3.05, 3.63) is 35.1 Å². The number of benzene rings is 1. The van der Waals surface area contributed by atoms with E-state index >= 15 is 0 Å². The van der Waals surface area contributed by atoms with Gasteiger partial charge in [-0.15, -0.1) is 0 Å². The molecule has 1 N–H and O–H groups in total. The molecular formula is C16H19F4NO2. The van der Waals surface area contributed by atoms with Gasteiger partial charge >= 0.3 is 6.18 Å². The highest BCUT2D eigenvalue weighted by Crippen LogP contribution is 2.37. The van der Waals surface area contributed by atoms with Crippen molar-refractivity contribution in [1.82, 2.24) is 4.90 Å². The Hall–Kier alpha value is -1.18. The molecule has 0 aliphatic carbocycles. The predicted octanol–water partition coefficient (Wildman–Crippen LogP) is 2.61. The zero-order valence-corrected chi connectivity index (χ0v) is 12.7. The van der Waals surface area contributed by atoms with Crippen molar-refractivity contribution >= 4 is 0 Å². The third-order valence-corrected chi connectivity index (χ3v) is 4.90. The number of rotatable bonds is 2. The van der Waals surface area contributed by atoms with Crippen molar-refractivity contribution in [3.63, 3.8) is 0 Å². The number of ether oxygens (including phenoxy) is 1. The smallest absolute Gasteiger partial charge is 0.389 e. The summed E-state index contributed by atoms with van der Waals surface area (Å²) in [6, 6.07) is 2.58. The highest BCUT2D eigenvalue weighted by Gasteiger charge is 2.45. The molecule has 23 heavy (non-hydrogen) atoms. The van der Waals surface area contributed by atoms with Gasteiger partial charge in [-0.2, -0.15) is 13.2 Å². The second-order valence-electron chi connectivity index (χ2n) is 6.62. The first-order chi connectivity index (χ1) is 10.7. The predicted molar refractivity (Wildman–Crippen MR) is 75.4 cm³/mol. The Balaban J connectivity index is 1.79. The van der Waals surface area contributed by atoms with E-state index in [9.17, 15) is 22.7 Å². The SMILES string of the molecule is CN1C2COCC1CC(O)(Cc1ccc(C(F)(F)F)cc1F)C2. The third-order valence-electron chi connectivity index (χ3n) is 4.90. The van der Waals surface area contributed by atoms with Crippen molar-refractivity contribution in [2.75, 3.05) is 20.3 Å². The van der Waals surface area contributed by atoms with E-state index in [0.717, 1.165) is 12.1 Å². The maximum Gasteiger partial charge on any atom is 0.416 e. The topological polar surface area (TPSA) is 32.7 Å². The normalized spacial score (nSPS) is 32.1. The summed E-state index contributed by atoms with van der Waals surface area (Å²) in [6.45, 7) is 1.01. The van der Waals surface area contributed by atoms with Gasteiger partial charge in [-0.05, 0) is 37.6 Å². The average Bonchev–Trinajstić information content (AvgIpc) is 2.42. The first-order valence-electron chi connectivity index (χ1n) is 7.56. The van der Waals surface area contributed by atoms with Crippen molar-refractivity contribution in [2.45, 2.75) is 43.1 Å². The van der Waals surface area contributed by atoms with Crippen molar-refractivity contribution in [1.29, 1.82) is 0 Å². The fraction of sp³-hybridized carbons (Fsp3) is 0.625. The van der Waals surface area contributed by atoms with Gasteiger partial charge in [0, 0.05) is 18.5 Å². The van der Waals surface area contributed by atoms with Gasteiger partial charge in [-0.25, -0.2) is 4.39 Å². The van der Waals surface area contributed by atoms with E-state index in [-0.39, 0.29) is 24.1 Å². The molecule has 3 rings (SSSR count). The molecule has 0 saturated carbocycles. The molecule has 2 bridgehead atoms. The minimum Gasteiger partial charge on any atom is -0.389 e. The first kappa shape index (κ1) is 16.7. The molecule has 1 aromatic rings. The Morgan fingerprint density at radius 1 is 1.26 bits per heavy atom. The van der Waals surface area contributed by atoms with Crippen LogP contribution in [0.2, 0.25) is 0 Å². The van der Waals surface area contributed by atoms with Gasteiger partial charge in [0.05, 0.1) is 24.4 Å². The standard InChI is InChI=1S/C16H19F4NO2/c1-21-12-6-15(22,7-13(21)9-23-8-12)5-10-2-3-11(4-14(10)17)16(18,19)20/h2-4,12-13,22H,5-9H2,1H3. The molecule has 2 atom stereocenters. The summed E-state index contributed by atoms with van der Waals surface area (Å²) in [4.78, 5) is 2.15. The lowest BCUT2D eigenvalue weighted by atomic mass is 9.78. The molecule has 2 aliphatic heterocycles. The summed E-state index contributed by atoms with van der Waals surface area (Å²) < 4.78 is 57.3. The van der Waals surface area contributed by atoms with Crippen LogP contribution >= 0.6 is 0 Å². The number of piperidine rings is 1. The Kier molecular flexibility index (Phi) is 4.14. The molecular weight excluding hydrogens is 314 g/mol. The summed E-state index contributed by atoms with van der Waals surface area (Å²) in [5.41, 5.74) is -2.02. The summed E-state index contributed by atoms with van der Waals surface area (Å²) >= 11 is 0. The number of hydrogen-bond donors (Lipinski definition) is 1. The van der Waals surface area contributed by atoms with Gasteiger partial charge in [-0.1, -0.05) is 6.07 Å². The van der Waals surface area contributed by atoms with Crippen LogP contribution in [0.15, 0.2) is 18.2 Å². The quantitative estimate of drug-likeness (QED) is 0.845. The van der Waals surface area contributed by atoms with Gasteiger partial charge in [0.2, 0.25) is 0 Å². The third kappa shape index (κ3) is 3.36. The number of fused-ring (bicyclic) bond motifs is 2. The second kappa shape index (κ2) is 5.72. The van der Waals surface area contributed by atoms with E-state index in [4.69, 9.17) is 4.74 Å². The number of aliphatic hydroxyl groups is 1. The molecule has 2 aliphatic rings. The van der Waals surface area contributed by atoms with Gasteiger partial charge in [0.15, 0.2) is 0 Å².